The summed E-state index contributed by atoms with van der Waals surface area (Å²) in [5, 5.41) is 0.0766. The van der Waals surface area contributed by atoms with Crippen LogP contribution in [0.15, 0.2) is 12.1 Å². The SMILES string of the molecule is CC1(C)OB(c2cc(C=O)c(Cl)cc2F)OC1(C)C. The first-order chi connectivity index (χ1) is 8.68. The van der Waals surface area contributed by atoms with Crippen molar-refractivity contribution in [3.8, 4) is 0 Å². The van der Waals surface area contributed by atoms with Gasteiger partial charge in [-0.3, -0.25) is 4.79 Å². The molecule has 0 aromatic heterocycles. The van der Waals surface area contributed by atoms with E-state index in [1.54, 1.807) is 0 Å². The lowest BCUT2D eigenvalue weighted by atomic mass is 9.78. The van der Waals surface area contributed by atoms with Crippen molar-refractivity contribution in [1.29, 1.82) is 0 Å². The Morgan fingerprint density at radius 2 is 1.74 bits per heavy atom. The van der Waals surface area contributed by atoms with Crippen LogP contribution in [0.3, 0.4) is 0 Å². The summed E-state index contributed by atoms with van der Waals surface area (Å²) in [5.74, 6) is -0.547. The van der Waals surface area contributed by atoms with Gasteiger partial charge in [0.25, 0.3) is 0 Å². The average molecular weight is 285 g/mol. The Kier molecular flexibility index (Phi) is 3.50. The van der Waals surface area contributed by atoms with Crippen molar-refractivity contribution in [3.63, 3.8) is 0 Å². The van der Waals surface area contributed by atoms with Crippen molar-refractivity contribution in [1.82, 2.24) is 0 Å². The van der Waals surface area contributed by atoms with Gasteiger partial charge in [0.2, 0.25) is 0 Å². The van der Waals surface area contributed by atoms with Crippen LogP contribution in [0, 0.1) is 5.82 Å². The van der Waals surface area contributed by atoms with E-state index in [1.807, 2.05) is 27.7 Å². The summed E-state index contributed by atoms with van der Waals surface area (Å²) in [6.45, 7) is 7.51. The van der Waals surface area contributed by atoms with Crippen LogP contribution in [0.5, 0.6) is 0 Å². The molecular weight excluding hydrogens is 269 g/mol. The topological polar surface area (TPSA) is 35.5 Å². The molecule has 0 spiro atoms. The van der Waals surface area contributed by atoms with Crippen LogP contribution in [-0.2, 0) is 9.31 Å². The van der Waals surface area contributed by atoms with E-state index < -0.39 is 24.1 Å². The highest BCUT2D eigenvalue weighted by atomic mass is 35.5. The van der Waals surface area contributed by atoms with Crippen LogP contribution in [-0.4, -0.2) is 24.6 Å². The second-order valence-electron chi connectivity index (χ2n) is 5.60. The third kappa shape index (κ3) is 2.42. The molecule has 1 aromatic carbocycles. The highest BCUT2D eigenvalue weighted by Crippen LogP contribution is 2.36. The predicted octanol–water partition coefficient (Wildman–Crippen LogP) is 2.59. The molecule has 19 heavy (non-hydrogen) atoms. The zero-order valence-corrected chi connectivity index (χ0v) is 12.0. The number of hydrogen-bond donors (Lipinski definition) is 0. The zero-order chi connectivity index (χ0) is 14.4. The summed E-state index contributed by atoms with van der Waals surface area (Å²) >= 11 is 5.77. The quantitative estimate of drug-likeness (QED) is 0.618. The highest BCUT2D eigenvalue weighted by molar-refractivity contribution is 6.62. The van der Waals surface area contributed by atoms with Crippen molar-refractivity contribution in [3.05, 3.63) is 28.5 Å². The molecule has 0 saturated carbocycles. The second-order valence-corrected chi connectivity index (χ2v) is 6.01. The third-order valence-corrected chi connectivity index (χ3v) is 4.08. The molecule has 1 aromatic rings. The van der Waals surface area contributed by atoms with Gasteiger partial charge in [0.05, 0.1) is 16.2 Å². The molecule has 0 aliphatic carbocycles. The van der Waals surface area contributed by atoms with E-state index in [9.17, 15) is 9.18 Å². The van der Waals surface area contributed by atoms with Gasteiger partial charge in [0.15, 0.2) is 6.29 Å². The molecule has 0 N–H and O–H groups in total. The zero-order valence-electron chi connectivity index (χ0n) is 11.3. The highest BCUT2D eigenvalue weighted by Gasteiger charge is 2.52. The third-order valence-electron chi connectivity index (χ3n) is 3.75. The Labute approximate surface area is 117 Å². The first-order valence-electron chi connectivity index (χ1n) is 5.98. The average Bonchev–Trinajstić information content (AvgIpc) is 2.48. The van der Waals surface area contributed by atoms with Crippen molar-refractivity contribution in [2.45, 2.75) is 38.9 Å². The minimum Gasteiger partial charge on any atom is -0.399 e. The van der Waals surface area contributed by atoms with Crippen LogP contribution in [0.2, 0.25) is 5.02 Å². The van der Waals surface area contributed by atoms with E-state index in [4.69, 9.17) is 20.9 Å². The Hall–Kier alpha value is -0.905. The minimum atomic E-state index is -0.846. The van der Waals surface area contributed by atoms with Crippen molar-refractivity contribution in [2.75, 3.05) is 0 Å². The van der Waals surface area contributed by atoms with Crippen LogP contribution in [0.1, 0.15) is 38.1 Å². The number of aldehydes is 1. The van der Waals surface area contributed by atoms with Crippen molar-refractivity contribution >= 4 is 30.5 Å². The fraction of sp³-hybridized carbons (Fsp3) is 0.462. The number of rotatable bonds is 2. The molecular formula is C13H15BClFO3. The van der Waals surface area contributed by atoms with Gasteiger partial charge in [-0.25, -0.2) is 4.39 Å². The van der Waals surface area contributed by atoms with Crippen LogP contribution < -0.4 is 5.46 Å². The lowest BCUT2D eigenvalue weighted by molar-refractivity contribution is 0.00578. The molecule has 2 rings (SSSR count). The van der Waals surface area contributed by atoms with Crippen LogP contribution in [0.4, 0.5) is 4.39 Å². The maximum Gasteiger partial charge on any atom is 0.497 e. The molecule has 1 aliphatic rings. The summed E-state index contributed by atoms with van der Waals surface area (Å²) in [4.78, 5) is 10.9. The largest absolute Gasteiger partial charge is 0.497 e. The van der Waals surface area contributed by atoms with E-state index in [1.165, 1.54) is 6.07 Å². The predicted molar refractivity (Wildman–Crippen MR) is 72.5 cm³/mol. The van der Waals surface area contributed by atoms with Crippen LogP contribution >= 0.6 is 11.6 Å². The molecule has 3 nitrogen and oxygen atoms in total. The summed E-state index contributed by atoms with van der Waals surface area (Å²) < 4.78 is 25.5. The molecule has 0 radical (unpaired) electrons. The summed E-state index contributed by atoms with van der Waals surface area (Å²) in [6.07, 6.45) is 0.580. The smallest absolute Gasteiger partial charge is 0.399 e. The monoisotopic (exact) mass is 284 g/mol. The van der Waals surface area contributed by atoms with Gasteiger partial charge in [-0.1, -0.05) is 11.6 Å². The number of carbonyl (C=O) groups is 1. The molecule has 0 unspecified atom stereocenters. The molecule has 0 amide bonds. The standard InChI is InChI=1S/C13H15BClFO3/c1-12(2)13(3,4)19-14(18-12)9-5-8(7-17)10(15)6-11(9)16/h5-7H,1-4H3. The van der Waals surface area contributed by atoms with E-state index in [2.05, 4.69) is 0 Å². The van der Waals surface area contributed by atoms with Crippen molar-refractivity contribution in [2.24, 2.45) is 0 Å². The molecule has 6 heteroatoms. The number of carbonyl (C=O) groups excluding carboxylic acids is 1. The van der Waals surface area contributed by atoms with E-state index in [0.29, 0.717) is 6.29 Å². The van der Waals surface area contributed by atoms with E-state index in [0.717, 1.165) is 6.07 Å². The molecule has 0 atom stereocenters. The first kappa shape index (κ1) is 14.5. The van der Waals surface area contributed by atoms with Gasteiger partial charge in [-0.15, -0.1) is 0 Å². The number of halogens is 2. The minimum absolute atomic E-state index is 0.0766. The van der Waals surface area contributed by atoms with Gasteiger partial charge in [-0.05, 0) is 39.8 Å². The lowest BCUT2D eigenvalue weighted by Gasteiger charge is -2.32. The second kappa shape index (κ2) is 4.58. The van der Waals surface area contributed by atoms with Gasteiger partial charge in [-0.2, -0.15) is 0 Å². The van der Waals surface area contributed by atoms with E-state index >= 15 is 0 Å². The molecule has 0 bridgehead atoms. The van der Waals surface area contributed by atoms with Crippen LogP contribution in [0.25, 0.3) is 0 Å². The normalized spacial score (nSPS) is 20.6. The molecule has 1 aliphatic heterocycles. The summed E-state index contributed by atoms with van der Waals surface area (Å²) in [7, 11) is -0.846. The first-order valence-corrected chi connectivity index (χ1v) is 6.35. The fourth-order valence-corrected chi connectivity index (χ4v) is 2.02. The van der Waals surface area contributed by atoms with Gasteiger partial charge < -0.3 is 9.31 Å². The Morgan fingerprint density at radius 3 is 2.21 bits per heavy atom. The number of benzene rings is 1. The lowest BCUT2D eigenvalue weighted by Crippen LogP contribution is -2.41. The van der Waals surface area contributed by atoms with Gasteiger partial charge >= 0.3 is 7.12 Å². The van der Waals surface area contributed by atoms with Gasteiger partial charge in [0.1, 0.15) is 5.82 Å². The molecule has 1 saturated heterocycles. The molecule has 1 fully saturated rings. The summed E-state index contributed by atoms with van der Waals surface area (Å²) in [6, 6.07) is 2.47. The fourth-order valence-electron chi connectivity index (χ4n) is 1.82. The Balaban J connectivity index is 2.42. The Bertz CT molecular complexity index is 515. The Morgan fingerprint density at radius 1 is 1.21 bits per heavy atom. The van der Waals surface area contributed by atoms with Gasteiger partial charge in [0, 0.05) is 11.0 Å². The maximum absolute atomic E-state index is 14.0. The molecule has 1 heterocycles. The number of hydrogen-bond acceptors (Lipinski definition) is 3. The maximum atomic E-state index is 14.0. The molecule has 102 valence electrons. The van der Waals surface area contributed by atoms with E-state index in [-0.39, 0.29) is 16.0 Å². The summed E-state index contributed by atoms with van der Waals surface area (Å²) in [5.41, 5.74) is -0.728. The van der Waals surface area contributed by atoms with Crippen molar-refractivity contribution < 1.29 is 18.5 Å².